The average molecular weight is 298 g/mol. The average Bonchev–Trinajstić information content (AvgIpc) is 2.19. The van der Waals surface area contributed by atoms with Crippen molar-refractivity contribution in [3.63, 3.8) is 0 Å². The van der Waals surface area contributed by atoms with Crippen molar-refractivity contribution in [2.24, 2.45) is 0 Å². The fourth-order valence-corrected chi connectivity index (χ4v) is 1.54. The van der Waals surface area contributed by atoms with E-state index < -0.39 is 0 Å². The van der Waals surface area contributed by atoms with Crippen LogP contribution in [0.5, 0.6) is 5.75 Å². The zero-order valence-electron chi connectivity index (χ0n) is 7.18. The Kier molecular flexibility index (Phi) is 2.62. The van der Waals surface area contributed by atoms with Gasteiger partial charge in [0.05, 0.1) is 5.69 Å². The number of aromatic nitrogens is 2. The molecule has 1 aromatic carbocycles. The van der Waals surface area contributed by atoms with E-state index >= 15 is 0 Å². The lowest BCUT2D eigenvalue weighted by atomic mass is 10.1. The van der Waals surface area contributed by atoms with Crippen LogP contribution in [0.4, 0.5) is 0 Å². The van der Waals surface area contributed by atoms with Gasteiger partial charge in [0.1, 0.15) is 15.8 Å². The number of nitrogens with zero attached hydrogens (tertiary/aromatic N) is 2. The van der Waals surface area contributed by atoms with Crippen molar-refractivity contribution in [2.45, 2.75) is 0 Å². The molecule has 0 aliphatic heterocycles. The molecular weight excluding hydrogens is 291 g/mol. The molecule has 2 rings (SSSR count). The van der Waals surface area contributed by atoms with Gasteiger partial charge in [-0.1, -0.05) is 0 Å². The molecule has 0 atom stereocenters. The lowest BCUT2D eigenvalue weighted by Gasteiger charge is -2.00. The molecule has 0 spiro atoms. The van der Waals surface area contributed by atoms with Gasteiger partial charge in [0, 0.05) is 5.56 Å². The standard InChI is InChI=1S/C10H7IN2O/c11-10-5-9(12-6-13-10)7-1-3-8(14)4-2-7/h1-6,14H. The first-order valence-electron chi connectivity index (χ1n) is 4.02. The summed E-state index contributed by atoms with van der Waals surface area (Å²) in [5.41, 5.74) is 1.84. The molecule has 70 valence electrons. The lowest BCUT2D eigenvalue weighted by molar-refractivity contribution is 0.475. The number of halogens is 1. The fourth-order valence-electron chi connectivity index (χ4n) is 1.12. The Bertz CT molecular complexity index is 442. The highest BCUT2D eigenvalue weighted by molar-refractivity contribution is 14.1. The van der Waals surface area contributed by atoms with Crippen LogP contribution in [-0.4, -0.2) is 15.1 Å². The molecule has 0 saturated carbocycles. The summed E-state index contributed by atoms with van der Waals surface area (Å²) in [5, 5.41) is 9.12. The number of aromatic hydroxyl groups is 1. The van der Waals surface area contributed by atoms with Crippen molar-refractivity contribution in [2.75, 3.05) is 0 Å². The van der Waals surface area contributed by atoms with Crippen molar-refractivity contribution in [3.05, 3.63) is 40.4 Å². The van der Waals surface area contributed by atoms with E-state index in [1.807, 2.05) is 18.2 Å². The molecule has 0 aliphatic carbocycles. The molecule has 0 saturated heterocycles. The Balaban J connectivity index is 2.44. The first kappa shape index (κ1) is 9.39. The molecule has 0 aliphatic rings. The predicted octanol–water partition coefficient (Wildman–Crippen LogP) is 2.45. The first-order chi connectivity index (χ1) is 6.75. The van der Waals surface area contributed by atoms with Gasteiger partial charge in [0.2, 0.25) is 0 Å². The Morgan fingerprint density at radius 2 is 1.79 bits per heavy atom. The summed E-state index contributed by atoms with van der Waals surface area (Å²) in [6, 6.07) is 8.84. The zero-order valence-corrected chi connectivity index (χ0v) is 9.34. The van der Waals surface area contributed by atoms with Crippen LogP contribution in [0.25, 0.3) is 11.3 Å². The van der Waals surface area contributed by atoms with Crippen LogP contribution in [0.15, 0.2) is 36.7 Å². The molecule has 0 radical (unpaired) electrons. The van der Waals surface area contributed by atoms with E-state index in [1.54, 1.807) is 12.1 Å². The molecule has 2 aromatic rings. The normalized spacial score (nSPS) is 10.1. The van der Waals surface area contributed by atoms with Gasteiger partial charge in [-0.05, 0) is 52.9 Å². The highest BCUT2D eigenvalue weighted by Gasteiger charge is 1.99. The summed E-state index contributed by atoms with van der Waals surface area (Å²) in [6.07, 6.45) is 1.53. The van der Waals surface area contributed by atoms with Crippen LogP contribution in [0.3, 0.4) is 0 Å². The number of phenolic OH excluding ortho intramolecular Hbond substituents is 1. The van der Waals surface area contributed by atoms with Crippen LogP contribution < -0.4 is 0 Å². The number of rotatable bonds is 1. The second-order valence-electron chi connectivity index (χ2n) is 2.77. The maximum absolute atomic E-state index is 9.12. The Hall–Kier alpha value is -1.17. The van der Waals surface area contributed by atoms with E-state index in [9.17, 15) is 0 Å². The molecule has 0 unspecified atom stereocenters. The molecule has 0 bridgehead atoms. The third kappa shape index (κ3) is 2.01. The van der Waals surface area contributed by atoms with Gasteiger partial charge in [-0.2, -0.15) is 0 Å². The molecule has 1 heterocycles. The molecular formula is C10H7IN2O. The zero-order chi connectivity index (χ0) is 9.97. The lowest BCUT2D eigenvalue weighted by Crippen LogP contribution is -1.86. The Morgan fingerprint density at radius 1 is 1.07 bits per heavy atom. The number of phenols is 1. The molecule has 3 nitrogen and oxygen atoms in total. The van der Waals surface area contributed by atoms with Gasteiger partial charge in [-0.25, -0.2) is 9.97 Å². The summed E-state index contributed by atoms with van der Waals surface area (Å²) in [6.45, 7) is 0. The monoisotopic (exact) mass is 298 g/mol. The topological polar surface area (TPSA) is 46.0 Å². The number of benzene rings is 1. The van der Waals surface area contributed by atoms with Crippen LogP contribution in [0, 0.1) is 3.70 Å². The predicted molar refractivity (Wildman–Crippen MR) is 61.8 cm³/mol. The van der Waals surface area contributed by atoms with Gasteiger partial charge < -0.3 is 5.11 Å². The highest BCUT2D eigenvalue weighted by Crippen LogP contribution is 2.20. The minimum atomic E-state index is 0.262. The van der Waals surface area contributed by atoms with Gasteiger partial charge in [0.25, 0.3) is 0 Å². The molecule has 0 fully saturated rings. The van der Waals surface area contributed by atoms with Crippen LogP contribution in [-0.2, 0) is 0 Å². The smallest absolute Gasteiger partial charge is 0.117 e. The van der Waals surface area contributed by atoms with Crippen molar-refractivity contribution < 1.29 is 5.11 Å². The van der Waals surface area contributed by atoms with Gasteiger partial charge in [-0.3, -0.25) is 0 Å². The van der Waals surface area contributed by atoms with Crippen molar-refractivity contribution in [1.29, 1.82) is 0 Å². The minimum Gasteiger partial charge on any atom is -0.508 e. The molecule has 0 amide bonds. The second-order valence-corrected chi connectivity index (χ2v) is 3.88. The van der Waals surface area contributed by atoms with E-state index in [-0.39, 0.29) is 5.75 Å². The molecule has 1 aromatic heterocycles. The summed E-state index contributed by atoms with van der Waals surface area (Å²) < 4.78 is 0.903. The van der Waals surface area contributed by atoms with Crippen molar-refractivity contribution in [1.82, 2.24) is 9.97 Å². The quantitative estimate of drug-likeness (QED) is 0.650. The third-order valence-corrected chi connectivity index (χ3v) is 2.39. The van der Waals surface area contributed by atoms with Gasteiger partial charge >= 0.3 is 0 Å². The molecule has 1 N–H and O–H groups in total. The first-order valence-corrected chi connectivity index (χ1v) is 5.10. The largest absolute Gasteiger partial charge is 0.508 e. The minimum absolute atomic E-state index is 0.262. The van der Waals surface area contributed by atoms with E-state index in [0.29, 0.717) is 0 Å². The van der Waals surface area contributed by atoms with Crippen LogP contribution in [0.1, 0.15) is 0 Å². The summed E-state index contributed by atoms with van der Waals surface area (Å²) in [4.78, 5) is 8.15. The van der Waals surface area contributed by atoms with Gasteiger partial charge in [-0.15, -0.1) is 0 Å². The Labute approximate surface area is 95.0 Å². The Morgan fingerprint density at radius 3 is 2.43 bits per heavy atom. The SMILES string of the molecule is Oc1ccc(-c2cc(I)ncn2)cc1. The number of hydrogen-bond donors (Lipinski definition) is 1. The second kappa shape index (κ2) is 3.91. The third-order valence-electron chi connectivity index (χ3n) is 1.80. The van der Waals surface area contributed by atoms with Gasteiger partial charge in [0.15, 0.2) is 0 Å². The van der Waals surface area contributed by atoms with Crippen molar-refractivity contribution in [3.8, 4) is 17.0 Å². The van der Waals surface area contributed by atoms with E-state index in [1.165, 1.54) is 6.33 Å². The van der Waals surface area contributed by atoms with E-state index in [4.69, 9.17) is 5.11 Å². The van der Waals surface area contributed by atoms with Crippen LogP contribution in [0.2, 0.25) is 0 Å². The number of hydrogen-bond acceptors (Lipinski definition) is 3. The highest BCUT2D eigenvalue weighted by atomic mass is 127. The molecule has 14 heavy (non-hydrogen) atoms. The van der Waals surface area contributed by atoms with Crippen molar-refractivity contribution >= 4 is 22.6 Å². The summed E-state index contributed by atoms with van der Waals surface area (Å²) in [7, 11) is 0. The molecule has 4 heteroatoms. The summed E-state index contributed by atoms with van der Waals surface area (Å²) in [5.74, 6) is 0.262. The van der Waals surface area contributed by atoms with E-state index in [0.717, 1.165) is 15.0 Å². The van der Waals surface area contributed by atoms with Crippen LogP contribution >= 0.6 is 22.6 Å². The maximum atomic E-state index is 9.12. The van der Waals surface area contributed by atoms with E-state index in [2.05, 4.69) is 32.6 Å². The fraction of sp³-hybridized carbons (Fsp3) is 0. The maximum Gasteiger partial charge on any atom is 0.117 e. The summed E-state index contributed by atoms with van der Waals surface area (Å²) >= 11 is 2.14.